The van der Waals surface area contributed by atoms with Gasteiger partial charge in [0.25, 0.3) is 0 Å². The summed E-state index contributed by atoms with van der Waals surface area (Å²) in [4.78, 5) is 14.7. The van der Waals surface area contributed by atoms with E-state index in [-0.39, 0.29) is 5.91 Å². The van der Waals surface area contributed by atoms with E-state index in [2.05, 4.69) is 60.5 Å². The van der Waals surface area contributed by atoms with Crippen molar-refractivity contribution in [2.24, 2.45) is 0 Å². The van der Waals surface area contributed by atoms with Crippen molar-refractivity contribution in [3.05, 3.63) is 71.3 Å². The Balaban J connectivity index is 1.51. The van der Waals surface area contributed by atoms with Crippen molar-refractivity contribution in [3.8, 4) is 0 Å². The largest absolute Gasteiger partial charge is 0.323 e. The number of piperidine rings is 1. The summed E-state index contributed by atoms with van der Waals surface area (Å²) < 4.78 is 0. The molecule has 1 aliphatic heterocycles. The fourth-order valence-electron chi connectivity index (χ4n) is 3.42. The van der Waals surface area contributed by atoms with E-state index in [0.29, 0.717) is 5.92 Å². The Kier molecular flexibility index (Phi) is 6.83. The zero-order valence-corrected chi connectivity index (χ0v) is 16.4. The van der Waals surface area contributed by atoms with Crippen molar-refractivity contribution < 1.29 is 4.79 Å². The van der Waals surface area contributed by atoms with Crippen LogP contribution < -0.4 is 5.32 Å². The van der Waals surface area contributed by atoms with Crippen LogP contribution in [0.1, 0.15) is 55.7 Å². The first-order valence-corrected chi connectivity index (χ1v) is 10.0. The zero-order valence-electron chi connectivity index (χ0n) is 16.4. The van der Waals surface area contributed by atoms with Crippen LogP contribution in [-0.2, 0) is 11.3 Å². The van der Waals surface area contributed by atoms with Crippen molar-refractivity contribution in [2.75, 3.05) is 18.4 Å². The Morgan fingerprint density at radius 1 is 1.00 bits per heavy atom. The molecule has 1 heterocycles. The van der Waals surface area contributed by atoms with E-state index in [1.54, 1.807) is 6.08 Å². The number of anilines is 1. The molecule has 0 atom stereocenters. The molecule has 0 saturated carbocycles. The molecule has 142 valence electrons. The van der Waals surface area contributed by atoms with Crippen LogP contribution in [0.25, 0.3) is 6.08 Å². The Hall–Kier alpha value is -2.39. The molecule has 0 spiro atoms. The second kappa shape index (κ2) is 9.52. The maximum Gasteiger partial charge on any atom is 0.248 e. The Morgan fingerprint density at radius 2 is 1.67 bits per heavy atom. The van der Waals surface area contributed by atoms with Crippen molar-refractivity contribution in [1.82, 2.24) is 4.90 Å². The van der Waals surface area contributed by atoms with Crippen molar-refractivity contribution in [1.29, 1.82) is 0 Å². The fourth-order valence-corrected chi connectivity index (χ4v) is 3.42. The summed E-state index contributed by atoms with van der Waals surface area (Å²) >= 11 is 0. The van der Waals surface area contributed by atoms with Gasteiger partial charge in [-0.25, -0.2) is 0 Å². The number of likely N-dealkylation sites (tertiary alicyclic amines) is 1. The molecule has 1 N–H and O–H groups in total. The molecule has 1 saturated heterocycles. The van der Waals surface area contributed by atoms with Crippen LogP contribution in [0.4, 0.5) is 5.69 Å². The summed E-state index contributed by atoms with van der Waals surface area (Å²) in [5, 5.41) is 2.93. The van der Waals surface area contributed by atoms with E-state index in [0.717, 1.165) is 17.8 Å². The third-order valence-corrected chi connectivity index (χ3v) is 5.11. The molecule has 0 aliphatic carbocycles. The Morgan fingerprint density at radius 3 is 2.30 bits per heavy atom. The molecule has 2 aromatic rings. The minimum absolute atomic E-state index is 0.105. The van der Waals surface area contributed by atoms with E-state index < -0.39 is 0 Å². The molecule has 3 heteroatoms. The van der Waals surface area contributed by atoms with E-state index in [9.17, 15) is 4.79 Å². The molecule has 0 bridgehead atoms. The molecule has 3 nitrogen and oxygen atoms in total. The van der Waals surface area contributed by atoms with E-state index in [4.69, 9.17) is 0 Å². The number of hydrogen-bond donors (Lipinski definition) is 1. The summed E-state index contributed by atoms with van der Waals surface area (Å²) in [5.41, 5.74) is 4.48. The van der Waals surface area contributed by atoms with Gasteiger partial charge >= 0.3 is 0 Å². The van der Waals surface area contributed by atoms with Gasteiger partial charge in [-0.2, -0.15) is 0 Å². The van der Waals surface area contributed by atoms with E-state index in [1.165, 1.54) is 43.5 Å². The van der Waals surface area contributed by atoms with Gasteiger partial charge in [0.05, 0.1) is 0 Å². The van der Waals surface area contributed by atoms with Crippen molar-refractivity contribution in [2.45, 2.75) is 45.6 Å². The third kappa shape index (κ3) is 6.07. The van der Waals surface area contributed by atoms with Gasteiger partial charge < -0.3 is 5.32 Å². The first kappa shape index (κ1) is 19.4. The predicted molar refractivity (Wildman–Crippen MR) is 114 cm³/mol. The third-order valence-electron chi connectivity index (χ3n) is 5.11. The van der Waals surface area contributed by atoms with Crippen LogP contribution in [-0.4, -0.2) is 23.9 Å². The number of carbonyl (C=O) groups is 1. The smallest absolute Gasteiger partial charge is 0.248 e. The quantitative estimate of drug-likeness (QED) is 0.693. The summed E-state index contributed by atoms with van der Waals surface area (Å²) in [6.07, 6.45) is 7.41. The molecule has 0 radical (unpaired) electrons. The number of nitrogens with zero attached hydrogens (tertiary/aromatic N) is 1. The maximum atomic E-state index is 12.2. The first-order valence-electron chi connectivity index (χ1n) is 10.0. The summed E-state index contributed by atoms with van der Waals surface area (Å²) in [6, 6.07) is 16.5. The average Bonchev–Trinajstić information content (AvgIpc) is 2.69. The lowest BCUT2D eigenvalue weighted by Gasteiger charge is -2.26. The highest BCUT2D eigenvalue weighted by Gasteiger charge is 2.10. The lowest BCUT2D eigenvalue weighted by Crippen LogP contribution is -2.29. The van der Waals surface area contributed by atoms with E-state index in [1.807, 2.05) is 18.2 Å². The number of rotatable bonds is 6. The monoisotopic (exact) mass is 362 g/mol. The van der Waals surface area contributed by atoms with Crippen LogP contribution >= 0.6 is 0 Å². The molecule has 27 heavy (non-hydrogen) atoms. The minimum atomic E-state index is -0.105. The van der Waals surface area contributed by atoms with Gasteiger partial charge in [0.15, 0.2) is 0 Å². The lowest BCUT2D eigenvalue weighted by atomic mass is 10.0. The molecular formula is C24H30N2O. The molecule has 1 fully saturated rings. The van der Waals surface area contributed by atoms with Gasteiger partial charge in [0, 0.05) is 18.3 Å². The summed E-state index contributed by atoms with van der Waals surface area (Å²) in [6.45, 7) is 7.75. The lowest BCUT2D eigenvalue weighted by molar-refractivity contribution is -0.111. The first-order chi connectivity index (χ1) is 13.1. The molecule has 2 aromatic carbocycles. The fraction of sp³-hybridized carbons (Fsp3) is 0.375. The SMILES string of the molecule is CC(C)c1ccc(/C=C/C(=O)Nc2ccc(CN3CCCCC3)cc2)cc1. The van der Waals surface area contributed by atoms with Gasteiger partial charge in [-0.3, -0.25) is 9.69 Å². The van der Waals surface area contributed by atoms with Crippen LogP contribution in [0.3, 0.4) is 0 Å². The predicted octanol–water partition coefficient (Wildman–Crippen LogP) is 5.45. The second-order valence-corrected chi connectivity index (χ2v) is 7.68. The zero-order chi connectivity index (χ0) is 19.1. The maximum absolute atomic E-state index is 12.2. The number of nitrogens with one attached hydrogen (secondary N) is 1. The number of amides is 1. The molecule has 1 aliphatic rings. The van der Waals surface area contributed by atoms with Crippen LogP contribution in [0.5, 0.6) is 0 Å². The number of hydrogen-bond acceptors (Lipinski definition) is 2. The van der Waals surface area contributed by atoms with E-state index >= 15 is 0 Å². The van der Waals surface area contributed by atoms with Crippen molar-refractivity contribution >= 4 is 17.7 Å². The van der Waals surface area contributed by atoms with Gasteiger partial charge in [0.1, 0.15) is 0 Å². The molecular weight excluding hydrogens is 332 g/mol. The Labute approximate surface area is 163 Å². The average molecular weight is 363 g/mol. The highest BCUT2D eigenvalue weighted by Crippen LogP contribution is 2.17. The second-order valence-electron chi connectivity index (χ2n) is 7.68. The molecule has 3 rings (SSSR count). The van der Waals surface area contributed by atoms with Gasteiger partial charge in [-0.1, -0.05) is 56.7 Å². The molecule has 1 amide bonds. The van der Waals surface area contributed by atoms with Gasteiger partial charge in [-0.15, -0.1) is 0 Å². The molecule has 0 aromatic heterocycles. The highest BCUT2D eigenvalue weighted by atomic mass is 16.1. The summed E-state index contributed by atoms with van der Waals surface area (Å²) in [5.74, 6) is 0.413. The topological polar surface area (TPSA) is 32.3 Å². The number of carbonyl (C=O) groups excluding carboxylic acids is 1. The highest BCUT2D eigenvalue weighted by molar-refractivity contribution is 6.01. The minimum Gasteiger partial charge on any atom is -0.323 e. The summed E-state index contributed by atoms with van der Waals surface area (Å²) in [7, 11) is 0. The van der Waals surface area contributed by atoms with Crippen LogP contribution in [0.15, 0.2) is 54.6 Å². The number of benzene rings is 2. The standard InChI is InChI=1S/C24H30N2O/c1-19(2)22-11-6-20(7-12-22)10-15-24(27)25-23-13-8-21(9-14-23)18-26-16-4-3-5-17-26/h6-15,19H,3-5,16-18H2,1-2H3,(H,25,27)/b15-10+. The van der Waals surface area contributed by atoms with Crippen molar-refractivity contribution in [3.63, 3.8) is 0 Å². The van der Waals surface area contributed by atoms with Crippen LogP contribution in [0.2, 0.25) is 0 Å². The van der Waals surface area contributed by atoms with Gasteiger partial charge in [-0.05, 0) is 66.7 Å². The Bertz CT molecular complexity index is 754. The van der Waals surface area contributed by atoms with Crippen LogP contribution in [0, 0.1) is 0 Å². The van der Waals surface area contributed by atoms with Gasteiger partial charge in [0.2, 0.25) is 5.91 Å². The normalized spacial score (nSPS) is 15.4. The molecule has 0 unspecified atom stereocenters.